The zero-order valence-corrected chi connectivity index (χ0v) is 17.9. The topological polar surface area (TPSA) is 174 Å². The molecule has 11 nitrogen and oxygen atoms in total. The molecule has 0 saturated carbocycles. The number of benzene rings is 3. The first-order chi connectivity index (χ1) is 15.2. The van der Waals surface area contributed by atoms with Crippen LogP contribution in [0.15, 0.2) is 79.9 Å². The van der Waals surface area contributed by atoms with Crippen LogP contribution in [0.1, 0.15) is 0 Å². The molecule has 0 aliphatic heterocycles. The minimum Gasteiger partial charge on any atom is -0.497 e. The number of methoxy groups -OCH3 is 2. The minimum absolute atomic E-state index is 0.0748. The Morgan fingerprint density at radius 2 is 1.31 bits per heavy atom. The lowest BCUT2D eigenvalue weighted by atomic mass is 10.2. The smallest absolute Gasteiger partial charge is 0.296 e. The average Bonchev–Trinajstić information content (AvgIpc) is 2.78. The first kappa shape index (κ1) is 22.7. The average molecular weight is 456 g/mol. The first-order valence-corrected chi connectivity index (χ1v) is 10.5. The lowest BCUT2D eigenvalue weighted by Crippen LogP contribution is -2.05. The van der Waals surface area contributed by atoms with E-state index in [1.165, 1.54) is 14.2 Å². The van der Waals surface area contributed by atoms with Crippen LogP contribution in [0.5, 0.6) is 11.5 Å². The molecule has 0 radical (unpaired) electrons. The predicted molar refractivity (Wildman–Crippen MR) is 119 cm³/mol. The van der Waals surface area contributed by atoms with E-state index in [1.807, 2.05) is 0 Å². The van der Waals surface area contributed by atoms with Crippen molar-refractivity contribution in [2.24, 2.45) is 20.5 Å². The normalized spacial score (nSPS) is 11.8. The molecule has 0 unspecified atom stereocenters. The van der Waals surface area contributed by atoms with Crippen molar-refractivity contribution in [2.45, 2.75) is 4.90 Å². The maximum absolute atomic E-state index is 11.8. The van der Waals surface area contributed by atoms with Crippen LogP contribution in [0.3, 0.4) is 0 Å². The highest BCUT2D eigenvalue weighted by atomic mass is 32.2. The number of anilines is 2. The molecule has 0 aliphatic carbocycles. The molecule has 32 heavy (non-hydrogen) atoms. The third-order valence-corrected chi connectivity index (χ3v) is 5.14. The molecule has 3 aromatic carbocycles. The van der Waals surface area contributed by atoms with Gasteiger partial charge >= 0.3 is 0 Å². The van der Waals surface area contributed by atoms with E-state index >= 15 is 0 Å². The van der Waals surface area contributed by atoms with Gasteiger partial charge in [-0.05, 0) is 30.3 Å². The van der Waals surface area contributed by atoms with E-state index in [-0.39, 0.29) is 22.7 Å². The minimum atomic E-state index is -4.71. The standard InChI is InChI=1S/C20H20N6O5S/c1-30-14-7-3-5-12(9-14)23-25-16-11-17(32(27,28)29)19(22)20(18(16)21)26-24-13-6-4-8-15(10-13)31-2/h3-11H,21-22H2,1-2H3,(H,27,28,29)/b25-23+,26-24+. The summed E-state index contributed by atoms with van der Waals surface area (Å²) in [6, 6.07) is 14.4. The summed E-state index contributed by atoms with van der Waals surface area (Å²) >= 11 is 0. The van der Waals surface area contributed by atoms with Crippen molar-refractivity contribution < 1.29 is 22.4 Å². The van der Waals surface area contributed by atoms with Gasteiger partial charge in [-0.2, -0.15) is 18.6 Å². The molecular weight excluding hydrogens is 436 g/mol. The van der Waals surface area contributed by atoms with Crippen LogP contribution in [0, 0.1) is 0 Å². The van der Waals surface area contributed by atoms with Gasteiger partial charge < -0.3 is 20.9 Å². The van der Waals surface area contributed by atoms with Crippen LogP contribution < -0.4 is 20.9 Å². The summed E-state index contributed by atoms with van der Waals surface area (Å²) in [5.74, 6) is 1.10. The van der Waals surface area contributed by atoms with Crippen LogP contribution in [0.25, 0.3) is 0 Å². The summed E-state index contributed by atoms with van der Waals surface area (Å²) in [5, 5.41) is 16.1. The zero-order valence-electron chi connectivity index (χ0n) is 17.1. The van der Waals surface area contributed by atoms with E-state index in [0.717, 1.165) is 6.07 Å². The van der Waals surface area contributed by atoms with Crippen molar-refractivity contribution in [2.75, 3.05) is 25.7 Å². The molecule has 0 saturated heterocycles. The van der Waals surface area contributed by atoms with Gasteiger partial charge in [0.15, 0.2) is 0 Å². The third kappa shape index (κ3) is 5.17. The SMILES string of the molecule is COc1cccc(/N=N/c2cc(S(=O)(=O)O)c(N)c(/N=N/c3cccc(OC)c3)c2N)c1. The first-order valence-electron chi connectivity index (χ1n) is 9.04. The maximum atomic E-state index is 11.8. The molecule has 0 fully saturated rings. The van der Waals surface area contributed by atoms with Crippen LogP contribution >= 0.6 is 0 Å². The number of hydrogen-bond acceptors (Lipinski definition) is 10. The Morgan fingerprint density at radius 1 is 0.781 bits per heavy atom. The fourth-order valence-electron chi connectivity index (χ4n) is 2.63. The number of nitrogens with zero attached hydrogens (tertiary/aromatic N) is 4. The summed E-state index contributed by atoms with van der Waals surface area (Å²) in [5.41, 5.74) is 12.2. The van der Waals surface area contributed by atoms with Gasteiger partial charge in [-0.25, -0.2) is 0 Å². The molecular formula is C20H20N6O5S. The summed E-state index contributed by atoms with van der Waals surface area (Å²) in [6.45, 7) is 0. The molecule has 0 amide bonds. The molecule has 3 aromatic rings. The van der Waals surface area contributed by atoms with E-state index in [0.29, 0.717) is 22.9 Å². The Bertz CT molecular complexity index is 1310. The summed E-state index contributed by atoms with van der Waals surface area (Å²) in [7, 11) is -1.70. The Kier molecular flexibility index (Phi) is 6.66. The molecule has 5 N–H and O–H groups in total. The number of nitrogens with two attached hydrogens (primary N) is 2. The Hall–Kier alpha value is -4.03. The van der Waals surface area contributed by atoms with E-state index in [2.05, 4.69) is 20.5 Å². The molecule has 12 heteroatoms. The monoisotopic (exact) mass is 456 g/mol. The summed E-state index contributed by atoms with van der Waals surface area (Å²) in [4.78, 5) is -0.620. The zero-order chi connectivity index (χ0) is 23.3. The Balaban J connectivity index is 2.10. The predicted octanol–water partition coefficient (Wildman–Crippen LogP) is 4.95. The van der Waals surface area contributed by atoms with Crippen molar-refractivity contribution in [3.63, 3.8) is 0 Å². The van der Waals surface area contributed by atoms with Gasteiger partial charge in [0, 0.05) is 12.1 Å². The van der Waals surface area contributed by atoms with Crippen LogP contribution in [0.4, 0.5) is 34.1 Å². The van der Waals surface area contributed by atoms with E-state index in [1.54, 1.807) is 48.5 Å². The van der Waals surface area contributed by atoms with Crippen LogP contribution in [0.2, 0.25) is 0 Å². The number of azo groups is 2. The summed E-state index contributed by atoms with van der Waals surface area (Å²) < 4.78 is 43.5. The van der Waals surface area contributed by atoms with Crippen LogP contribution in [-0.2, 0) is 10.1 Å². The molecule has 0 spiro atoms. The van der Waals surface area contributed by atoms with Gasteiger partial charge in [-0.3, -0.25) is 4.55 Å². The second-order valence-corrected chi connectivity index (χ2v) is 7.74. The van der Waals surface area contributed by atoms with E-state index < -0.39 is 15.0 Å². The third-order valence-electron chi connectivity index (χ3n) is 4.24. The Morgan fingerprint density at radius 3 is 1.81 bits per heavy atom. The fourth-order valence-corrected chi connectivity index (χ4v) is 3.27. The molecule has 0 aliphatic rings. The van der Waals surface area contributed by atoms with Gasteiger partial charge in [-0.15, -0.1) is 10.2 Å². The molecule has 3 rings (SSSR count). The van der Waals surface area contributed by atoms with Crippen molar-refractivity contribution in [1.82, 2.24) is 0 Å². The fraction of sp³-hybridized carbons (Fsp3) is 0.100. The highest BCUT2D eigenvalue weighted by Crippen LogP contribution is 2.43. The number of ether oxygens (including phenoxy) is 2. The highest BCUT2D eigenvalue weighted by molar-refractivity contribution is 7.86. The van der Waals surface area contributed by atoms with E-state index in [4.69, 9.17) is 20.9 Å². The van der Waals surface area contributed by atoms with E-state index in [9.17, 15) is 13.0 Å². The van der Waals surface area contributed by atoms with Crippen molar-refractivity contribution >= 4 is 44.2 Å². The highest BCUT2D eigenvalue weighted by Gasteiger charge is 2.22. The molecule has 0 aromatic heterocycles. The summed E-state index contributed by atoms with van der Waals surface area (Å²) in [6.07, 6.45) is 0. The lowest BCUT2D eigenvalue weighted by molar-refractivity contribution is 0.415. The number of nitrogen functional groups attached to an aromatic ring is 2. The van der Waals surface area contributed by atoms with Gasteiger partial charge in [0.25, 0.3) is 10.1 Å². The molecule has 0 heterocycles. The van der Waals surface area contributed by atoms with Crippen molar-refractivity contribution in [1.29, 1.82) is 0 Å². The maximum Gasteiger partial charge on any atom is 0.296 e. The van der Waals surface area contributed by atoms with Crippen LogP contribution in [-0.4, -0.2) is 27.2 Å². The molecule has 0 atom stereocenters. The number of hydrogen-bond donors (Lipinski definition) is 3. The second kappa shape index (κ2) is 9.41. The Labute approximate surface area is 184 Å². The van der Waals surface area contributed by atoms with Crippen molar-refractivity contribution in [3.05, 3.63) is 54.6 Å². The van der Waals surface area contributed by atoms with Gasteiger partial charge in [0.2, 0.25) is 0 Å². The van der Waals surface area contributed by atoms with Crippen molar-refractivity contribution in [3.8, 4) is 11.5 Å². The van der Waals surface area contributed by atoms with Gasteiger partial charge in [0.1, 0.15) is 27.8 Å². The second-order valence-electron chi connectivity index (χ2n) is 6.35. The molecule has 166 valence electrons. The quantitative estimate of drug-likeness (QED) is 0.256. The number of rotatable bonds is 7. The lowest BCUT2D eigenvalue weighted by Gasteiger charge is -2.10. The largest absolute Gasteiger partial charge is 0.497 e. The van der Waals surface area contributed by atoms with Gasteiger partial charge in [0.05, 0.1) is 37.0 Å². The van der Waals surface area contributed by atoms with Gasteiger partial charge in [-0.1, -0.05) is 12.1 Å². The molecule has 0 bridgehead atoms.